The average molecular weight is 408 g/mol. The third kappa shape index (κ3) is 5.38. The minimum atomic E-state index is -4.38. The van der Waals surface area contributed by atoms with E-state index in [4.69, 9.17) is 12.2 Å². The number of nitrogens with one attached hydrogen (secondary N) is 2. The zero-order valence-electron chi connectivity index (χ0n) is 15.7. The van der Waals surface area contributed by atoms with E-state index in [1.807, 2.05) is 6.92 Å². The van der Waals surface area contributed by atoms with Crippen LogP contribution in [0.2, 0.25) is 0 Å². The number of hydrogen-bond acceptors (Lipinski definition) is 2. The topological polar surface area (TPSA) is 27.3 Å². The third-order valence-corrected chi connectivity index (χ3v) is 5.13. The molecule has 0 bridgehead atoms. The van der Waals surface area contributed by atoms with Gasteiger partial charge in [0.15, 0.2) is 5.11 Å². The van der Waals surface area contributed by atoms with E-state index in [0.29, 0.717) is 5.69 Å². The lowest BCUT2D eigenvalue weighted by Crippen LogP contribution is -2.31. The summed E-state index contributed by atoms with van der Waals surface area (Å²) in [6, 6.07) is 13.3. The second kappa shape index (κ2) is 8.82. The molecule has 2 N–H and O–H groups in total. The molecule has 150 valence electrons. The normalized spacial score (nSPS) is 15.8. The predicted molar refractivity (Wildman–Crippen MR) is 112 cm³/mol. The molecular weight excluding hydrogens is 383 g/mol. The summed E-state index contributed by atoms with van der Waals surface area (Å²) < 4.78 is 38.5. The van der Waals surface area contributed by atoms with Gasteiger partial charge in [0.25, 0.3) is 0 Å². The summed E-state index contributed by atoms with van der Waals surface area (Å²) in [6.45, 7) is 4.16. The molecule has 3 rings (SSSR count). The summed E-state index contributed by atoms with van der Waals surface area (Å²) in [6.07, 6.45) is -0.619. The van der Waals surface area contributed by atoms with Crippen molar-refractivity contribution in [2.45, 2.75) is 38.4 Å². The molecule has 7 heteroatoms. The van der Waals surface area contributed by atoms with Crippen LogP contribution in [-0.2, 0) is 6.18 Å². The Bertz CT molecular complexity index is 799. The molecule has 2 aromatic rings. The number of piperidine rings is 1. The third-order valence-electron chi connectivity index (χ3n) is 4.91. The highest BCUT2D eigenvalue weighted by Gasteiger charge is 2.30. The number of rotatable bonds is 4. The molecule has 0 aliphatic carbocycles. The molecule has 1 heterocycles. The van der Waals surface area contributed by atoms with Crippen LogP contribution in [0, 0.1) is 0 Å². The maximum absolute atomic E-state index is 12.8. The molecule has 0 amide bonds. The van der Waals surface area contributed by atoms with Crippen molar-refractivity contribution in [1.82, 2.24) is 5.32 Å². The first-order valence-electron chi connectivity index (χ1n) is 9.42. The van der Waals surface area contributed by atoms with Crippen LogP contribution in [0.15, 0.2) is 48.5 Å². The van der Waals surface area contributed by atoms with Gasteiger partial charge in [-0.05, 0) is 74.3 Å². The summed E-state index contributed by atoms with van der Waals surface area (Å²) in [5.74, 6) is 0. The van der Waals surface area contributed by atoms with Crippen LogP contribution in [0.4, 0.5) is 24.5 Å². The highest BCUT2D eigenvalue weighted by atomic mass is 32.1. The Morgan fingerprint density at radius 2 is 1.71 bits per heavy atom. The maximum Gasteiger partial charge on any atom is 0.416 e. The number of thiocarbonyl (C=S) groups is 1. The van der Waals surface area contributed by atoms with Crippen LogP contribution >= 0.6 is 12.2 Å². The van der Waals surface area contributed by atoms with Crippen molar-refractivity contribution in [1.29, 1.82) is 0 Å². The highest BCUT2D eigenvalue weighted by Crippen LogP contribution is 2.30. The summed E-state index contributed by atoms with van der Waals surface area (Å²) >= 11 is 5.27. The van der Waals surface area contributed by atoms with Gasteiger partial charge in [0.1, 0.15) is 0 Å². The number of hydrogen-bond donors (Lipinski definition) is 2. The van der Waals surface area contributed by atoms with E-state index in [-0.39, 0.29) is 11.2 Å². The number of benzene rings is 2. The standard InChI is InChI=1S/C21H24F3N3S/c1-15(16-8-10-19(11-9-16)27-12-3-2-4-13-27)25-20(28)26-18-7-5-6-17(14-18)21(22,23)24/h5-11,14-15H,2-4,12-13H2,1H3,(H2,25,26,28)/t15-/m0/s1. The molecular formula is C21H24F3N3S. The average Bonchev–Trinajstić information content (AvgIpc) is 2.68. The lowest BCUT2D eigenvalue weighted by Gasteiger charge is -2.29. The van der Waals surface area contributed by atoms with E-state index in [0.717, 1.165) is 30.8 Å². The van der Waals surface area contributed by atoms with E-state index >= 15 is 0 Å². The minimum Gasteiger partial charge on any atom is -0.372 e. The molecule has 0 spiro atoms. The molecule has 3 nitrogen and oxygen atoms in total. The largest absolute Gasteiger partial charge is 0.416 e. The SMILES string of the molecule is C[C@H](NC(=S)Nc1cccc(C(F)(F)F)c1)c1ccc(N2CCCCC2)cc1. The van der Waals surface area contributed by atoms with Crippen molar-refractivity contribution in [3.05, 3.63) is 59.7 Å². The number of nitrogens with zero attached hydrogens (tertiary/aromatic N) is 1. The summed E-state index contributed by atoms with van der Waals surface area (Å²) in [5.41, 5.74) is 1.89. The Kier molecular flexibility index (Phi) is 6.44. The molecule has 28 heavy (non-hydrogen) atoms. The van der Waals surface area contributed by atoms with E-state index < -0.39 is 11.7 Å². The van der Waals surface area contributed by atoms with Gasteiger partial charge >= 0.3 is 6.18 Å². The Labute approximate surface area is 168 Å². The molecule has 1 aliphatic heterocycles. The number of anilines is 2. The summed E-state index contributed by atoms with van der Waals surface area (Å²) in [5, 5.41) is 6.24. The molecule has 1 atom stereocenters. The van der Waals surface area contributed by atoms with Gasteiger partial charge in [-0.2, -0.15) is 13.2 Å². The summed E-state index contributed by atoms with van der Waals surface area (Å²) in [4.78, 5) is 2.39. The van der Waals surface area contributed by atoms with Gasteiger partial charge in [0.2, 0.25) is 0 Å². The lowest BCUT2D eigenvalue weighted by molar-refractivity contribution is -0.137. The fourth-order valence-electron chi connectivity index (χ4n) is 3.35. The number of halogens is 3. The van der Waals surface area contributed by atoms with Gasteiger partial charge in [-0.1, -0.05) is 18.2 Å². The molecule has 1 aliphatic rings. The Morgan fingerprint density at radius 3 is 2.36 bits per heavy atom. The molecule has 0 aromatic heterocycles. The van der Waals surface area contributed by atoms with E-state index in [2.05, 4.69) is 39.8 Å². The second-order valence-electron chi connectivity index (χ2n) is 7.04. The minimum absolute atomic E-state index is 0.0683. The van der Waals surface area contributed by atoms with Gasteiger partial charge in [0.05, 0.1) is 11.6 Å². The van der Waals surface area contributed by atoms with Crippen LogP contribution in [0.5, 0.6) is 0 Å². The Balaban J connectivity index is 1.58. The number of alkyl halides is 3. The molecule has 0 radical (unpaired) electrons. The fraction of sp³-hybridized carbons (Fsp3) is 0.381. The van der Waals surface area contributed by atoms with Crippen molar-refractivity contribution < 1.29 is 13.2 Å². The molecule has 0 unspecified atom stereocenters. The van der Waals surface area contributed by atoms with Crippen molar-refractivity contribution in [3.63, 3.8) is 0 Å². The van der Waals surface area contributed by atoms with Gasteiger partial charge in [-0.15, -0.1) is 0 Å². The Hall–Kier alpha value is -2.28. The van der Waals surface area contributed by atoms with Gasteiger partial charge in [-0.3, -0.25) is 0 Å². The molecule has 1 fully saturated rings. The van der Waals surface area contributed by atoms with Crippen molar-refractivity contribution in [2.24, 2.45) is 0 Å². The maximum atomic E-state index is 12.8. The van der Waals surface area contributed by atoms with E-state index in [9.17, 15) is 13.2 Å². The van der Waals surface area contributed by atoms with Gasteiger partial charge in [-0.25, -0.2) is 0 Å². The molecule has 2 aromatic carbocycles. The lowest BCUT2D eigenvalue weighted by atomic mass is 10.1. The van der Waals surface area contributed by atoms with Gasteiger partial charge in [0, 0.05) is 24.5 Å². The van der Waals surface area contributed by atoms with Gasteiger partial charge < -0.3 is 15.5 Å². The molecule has 0 saturated carbocycles. The zero-order valence-corrected chi connectivity index (χ0v) is 16.5. The van der Waals surface area contributed by atoms with Crippen LogP contribution in [0.25, 0.3) is 0 Å². The van der Waals surface area contributed by atoms with Crippen LogP contribution in [0.1, 0.15) is 43.4 Å². The fourth-order valence-corrected chi connectivity index (χ4v) is 3.64. The zero-order chi connectivity index (χ0) is 20.1. The smallest absolute Gasteiger partial charge is 0.372 e. The first kappa shape index (κ1) is 20.5. The highest BCUT2D eigenvalue weighted by molar-refractivity contribution is 7.80. The quantitative estimate of drug-likeness (QED) is 0.632. The first-order chi connectivity index (χ1) is 13.3. The summed E-state index contributed by atoms with van der Waals surface area (Å²) in [7, 11) is 0. The monoisotopic (exact) mass is 407 g/mol. The second-order valence-corrected chi connectivity index (χ2v) is 7.45. The van der Waals surface area contributed by atoms with Crippen molar-refractivity contribution >= 4 is 28.7 Å². The van der Waals surface area contributed by atoms with Crippen LogP contribution < -0.4 is 15.5 Å². The van der Waals surface area contributed by atoms with Crippen LogP contribution in [0.3, 0.4) is 0 Å². The molecule has 1 saturated heterocycles. The van der Waals surface area contributed by atoms with E-state index in [1.54, 1.807) is 6.07 Å². The predicted octanol–water partition coefficient (Wildman–Crippen LogP) is 5.74. The van der Waals surface area contributed by atoms with E-state index in [1.165, 1.54) is 31.0 Å². The van der Waals surface area contributed by atoms with Crippen LogP contribution in [-0.4, -0.2) is 18.2 Å². The first-order valence-corrected chi connectivity index (χ1v) is 9.83. The van der Waals surface area contributed by atoms with Crippen molar-refractivity contribution in [2.75, 3.05) is 23.3 Å². The van der Waals surface area contributed by atoms with Crippen molar-refractivity contribution in [3.8, 4) is 0 Å². The Morgan fingerprint density at radius 1 is 1.04 bits per heavy atom.